The topological polar surface area (TPSA) is 80.2 Å². The first kappa shape index (κ1) is 20.1. The van der Waals surface area contributed by atoms with Crippen molar-refractivity contribution in [1.82, 2.24) is 13.6 Å². The summed E-state index contributed by atoms with van der Waals surface area (Å²) in [5, 5.41) is 0. The predicted molar refractivity (Wildman–Crippen MR) is 110 cm³/mol. The Bertz CT molecular complexity index is 888. The Balaban J connectivity index is 1.48. The second kappa shape index (κ2) is 7.59. The van der Waals surface area contributed by atoms with E-state index in [0.29, 0.717) is 44.5 Å². The zero-order valence-electron chi connectivity index (χ0n) is 17.2. The molecular formula is C22H27N3O3S. The summed E-state index contributed by atoms with van der Waals surface area (Å²) >= 11 is 1.02. The highest BCUT2D eigenvalue weighted by Gasteiger charge is 2.48. The molecule has 154 valence electrons. The van der Waals surface area contributed by atoms with E-state index in [4.69, 9.17) is 0 Å². The van der Waals surface area contributed by atoms with E-state index in [1.807, 2.05) is 6.92 Å². The normalized spacial score (nSPS) is 25.6. The number of amides is 1. The number of piperidine rings is 1. The third kappa shape index (κ3) is 3.72. The maximum atomic E-state index is 13.2. The molecule has 1 saturated heterocycles. The lowest BCUT2D eigenvalue weighted by Crippen LogP contribution is -2.49. The summed E-state index contributed by atoms with van der Waals surface area (Å²) in [4.78, 5) is 40.6. The third-order valence-corrected chi connectivity index (χ3v) is 7.30. The quantitative estimate of drug-likeness (QED) is 0.692. The monoisotopic (exact) mass is 413 g/mol. The molecule has 0 bridgehead atoms. The molecule has 1 aromatic heterocycles. The first-order valence-corrected chi connectivity index (χ1v) is 11.0. The maximum absolute atomic E-state index is 13.2. The van der Waals surface area contributed by atoms with Crippen molar-refractivity contribution in [3.63, 3.8) is 0 Å². The number of ketones is 2. The molecule has 2 aliphatic carbocycles. The number of carbonyl (C=O) groups excluding carboxylic acids is 3. The SMILES string of the molecule is CC1=CC(C)=C(C2C(=O)CC3(CCN(C(=O)c4cnsn4)CC3)CC2=O)C(C)C1. The van der Waals surface area contributed by atoms with Crippen LogP contribution in [0, 0.1) is 17.3 Å². The lowest BCUT2D eigenvalue weighted by atomic mass is 9.61. The Morgan fingerprint density at radius 2 is 1.83 bits per heavy atom. The van der Waals surface area contributed by atoms with Gasteiger partial charge in [-0.15, -0.1) is 0 Å². The fraction of sp³-hybridized carbons (Fsp3) is 0.591. The fourth-order valence-electron chi connectivity index (χ4n) is 5.50. The highest BCUT2D eigenvalue weighted by molar-refractivity contribution is 6.99. The minimum absolute atomic E-state index is 0.0684. The summed E-state index contributed by atoms with van der Waals surface area (Å²) in [5.74, 6) is -0.310. The summed E-state index contributed by atoms with van der Waals surface area (Å²) in [7, 11) is 0. The number of carbonyl (C=O) groups is 3. The summed E-state index contributed by atoms with van der Waals surface area (Å²) in [5.41, 5.74) is 3.50. The van der Waals surface area contributed by atoms with E-state index >= 15 is 0 Å². The van der Waals surface area contributed by atoms with Gasteiger partial charge in [0, 0.05) is 25.9 Å². The summed E-state index contributed by atoms with van der Waals surface area (Å²) in [6.07, 6.45) is 6.79. The molecule has 1 unspecified atom stereocenters. The Morgan fingerprint density at radius 3 is 2.38 bits per heavy atom. The Hall–Kier alpha value is -2.15. The van der Waals surface area contributed by atoms with Crippen molar-refractivity contribution in [2.45, 2.75) is 52.9 Å². The van der Waals surface area contributed by atoms with Crippen LogP contribution in [0.3, 0.4) is 0 Å². The van der Waals surface area contributed by atoms with Gasteiger partial charge in [0.1, 0.15) is 11.6 Å². The predicted octanol–water partition coefficient (Wildman–Crippen LogP) is 3.61. The summed E-state index contributed by atoms with van der Waals surface area (Å²) in [6, 6.07) is 0. The number of likely N-dealkylation sites (tertiary alicyclic amines) is 1. The van der Waals surface area contributed by atoms with Crippen LogP contribution in [0.5, 0.6) is 0 Å². The zero-order valence-corrected chi connectivity index (χ0v) is 18.1. The van der Waals surface area contributed by atoms with E-state index < -0.39 is 5.92 Å². The van der Waals surface area contributed by atoms with E-state index in [1.54, 1.807) is 4.90 Å². The molecule has 0 aromatic carbocycles. The first-order chi connectivity index (χ1) is 13.8. The van der Waals surface area contributed by atoms with Crippen LogP contribution in [0.15, 0.2) is 29.0 Å². The average molecular weight is 414 g/mol. The van der Waals surface area contributed by atoms with Crippen molar-refractivity contribution in [1.29, 1.82) is 0 Å². The lowest BCUT2D eigenvalue weighted by molar-refractivity contribution is -0.140. The molecule has 0 N–H and O–H groups in total. The molecule has 1 atom stereocenters. The second-order valence-corrected chi connectivity index (χ2v) is 9.59. The smallest absolute Gasteiger partial charge is 0.275 e. The molecule has 0 radical (unpaired) electrons. The minimum Gasteiger partial charge on any atom is -0.337 e. The summed E-state index contributed by atoms with van der Waals surface area (Å²) < 4.78 is 7.92. The van der Waals surface area contributed by atoms with Gasteiger partial charge < -0.3 is 4.90 Å². The van der Waals surface area contributed by atoms with Crippen molar-refractivity contribution >= 4 is 29.2 Å². The zero-order chi connectivity index (χ0) is 20.8. The van der Waals surface area contributed by atoms with Gasteiger partial charge in [0.25, 0.3) is 5.91 Å². The summed E-state index contributed by atoms with van der Waals surface area (Å²) in [6.45, 7) is 7.37. The molecule has 1 amide bonds. The number of hydrogen-bond donors (Lipinski definition) is 0. The fourth-order valence-corrected chi connectivity index (χ4v) is 5.90. The van der Waals surface area contributed by atoms with Crippen LogP contribution in [-0.4, -0.2) is 44.2 Å². The largest absolute Gasteiger partial charge is 0.337 e. The molecule has 1 saturated carbocycles. The second-order valence-electron chi connectivity index (χ2n) is 9.04. The lowest BCUT2D eigenvalue weighted by Gasteiger charge is -2.45. The van der Waals surface area contributed by atoms with Gasteiger partial charge in [0.15, 0.2) is 5.69 Å². The number of Topliss-reactive ketones (excluding diaryl/α,β-unsaturated/α-hetero) is 2. The average Bonchev–Trinajstić information content (AvgIpc) is 3.18. The third-order valence-electron chi connectivity index (χ3n) is 6.82. The molecule has 6 nitrogen and oxygen atoms in total. The van der Waals surface area contributed by atoms with Gasteiger partial charge >= 0.3 is 0 Å². The highest BCUT2D eigenvalue weighted by Crippen LogP contribution is 2.47. The first-order valence-electron chi connectivity index (χ1n) is 10.3. The Morgan fingerprint density at radius 1 is 1.17 bits per heavy atom. The number of nitrogens with zero attached hydrogens (tertiary/aromatic N) is 3. The number of allylic oxidation sites excluding steroid dienone is 4. The molecule has 29 heavy (non-hydrogen) atoms. The van der Waals surface area contributed by atoms with Gasteiger partial charge in [-0.2, -0.15) is 8.75 Å². The Kier molecular flexibility index (Phi) is 5.27. The van der Waals surface area contributed by atoms with Gasteiger partial charge in [-0.3, -0.25) is 14.4 Å². The van der Waals surface area contributed by atoms with E-state index in [-0.39, 0.29) is 28.8 Å². The van der Waals surface area contributed by atoms with E-state index in [2.05, 4.69) is 28.7 Å². The van der Waals surface area contributed by atoms with Crippen LogP contribution in [0.2, 0.25) is 0 Å². The molecule has 1 aromatic rings. The van der Waals surface area contributed by atoms with Crippen molar-refractivity contribution < 1.29 is 14.4 Å². The van der Waals surface area contributed by atoms with Crippen LogP contribution in [-0.2, 0) is 9.59 Å². The number of aromatic nitrogens is 2. The van der Waals surface area contributed by atoms with Crippen molar-refractivity contribution in [3.05, 3.63) is 34.7 Å². The standard InChI is InChI=1S/C22H27N3O3S/c1-13-8-14(2)19(15(3)9-13)20-17(26)10-22(11-18(20)27)4-6-25(7-5-22)21(28)16-12-23-29-24-16/h8,12,15,20H,4-7,9-11H2,1-3H3. The Labute approximate surface area is 175 Å². The molecule has 2 heterocycles. The van der Waals surface area contributed by atoms with Crippen molar-refractivity contribution in [2.75, 3.05) is 13.1 Å². The molecule has 7 heteroatoms. The van der Waals surface area contributed by atoms with Gasteiger partial charge in [-0.25, -0.2) is 0 Å². The van der Waals surface area contributed by atoms with Crippen LogP contribution < -0.4 is 0 Å². The molecule has 2 fully saturated rings. The van der Waals surface area contributed by atoms with Crippen LogP contribution in [0.25, 0.3) is 0 Å². The maximum Gasteiger partial charge on any atom is 0.275 e. The van der Waals surface area contributed by atoms with Crippen molar-refractivity contribution in [2.24, 2.45) is 17.3 Å². The number of hydrogen-bond acceptors (Lipinski definition) is 6. The highest BCUT2D eigenvalue weighted by atomic mass is 32.1. The van der Waals surface area contributed by atoms with E-state index in [1.165, 1.54) is 11.8 Å². The van der Waals surface area contributed by atoms with Crippen LogP contribution in [0.1, 0.15) is 63.4 Å². The van der Waals surface area contributed by atoms with Crippen molar-refractivity contribution in [3.8, 4) is 0 Å². The molecule has 1 aliphatic heterocycles. The van der Waals surface area contributed by atoms with Gasteiger partial charge in [0.05, 0.1) is 23.8 Å². The van der Waals surface area contributed by atoms with Crippen LogP contribution in [0.4, 0.5) is 0 Å². The molecule has 3 aliphatic rings. The van der Waals surface area contributed by atoms with Gasteiger partial charge in [-0.05, 0) is 50.0 Å². The van der Waals surface area contributed by atoms with E-state index in [0.717, 1.165) is 29.3 Å². The van der Waals surface area contributed by atoms with Crippen LogP contribution >= 0.6 is 11.7 Å². The van der Waals surface area contributed by atoms with Gasteiger partial charge in [-0.1, -0.05) is 24.1 Å². The molecular weight excluding hydrogens is 386 g/mol. The number of rotatable bonds is 2. The molecule has 1 spiro atoms. The van der Waals surface area contributed by atoms with E-state index in [9.17, 15) is 14.4 Å². The van der Waals surface area contributed by atoms with Gasteiger partial charge in [0.2, 0.25) is 0 Å². The molecule has 4 rings (SSSR count). The minimum atomic E-state index is -0.569.